The van der Waals surface area contributed by atoms with Crippen LogP contribution in [0.15, 0.2) is 65.6 Å². The van der Waals surface area contributed by atoms with Crippen LogP contribution in [0.2, 0.25) is 0 Å². The highest BCUT2D eigenvalue weighted by Crippen LogP contribution is 2.61. The maximum Gasteiger partial charge on any atom is 0.416 e. The maximum atomic E-state index is 15.9. The molecule has 2 aliphatic heterocycles. The quantitative estimate of drug-likeness (QED) is 0.277. The predicted molar refractivity (Wildman–Crippen MR) is 158 cm³/mol. The smallest absolute Gasteiger partial charge is 0.416 e. The Hall–Kier alpha value is -3.23. The summed E-state index contributed by atoms with van der Waals surface area (Å²) >= 11 is 0. The molecule has 1 saturated carbocycles. The maximum absolute atomic E-state index is 15.9. The third kappa shape index (κ3) is 4.98. The van der Waals surface area contributed by atoms with Gasteiger partial charge in [0.25, 0.3) is 0 Å². The summed E-state index contributed by atoms with van der Waals surface area (Å²) in [4.78, 5) is -0.481. The summed E-state index contributed by atoms with van der Waals surface area (Å²) in [5.74, 6) is -3.70. The summed E-state index contributed by atoms with van der Waals surface area (Å²) in [6.07, 6.45) is -4.80. The third-order valence-corrected chi connectivity index (χ3v) is 14.9. The summed E-state index contributed by atoms with van der Waals surface area (Å²) in [7, 11) is -7.08. The van der Waals surface area contributed by atoms with Crippen LogP contribution in [0, 0.1) is 23.5 Å². The van der Waals surface area contributed by atoms with Crippen molar-refractivity contribution in [3.8, 4) is 11.5 Å². The van der Waals surface area contributed by atoms with Gasteiger partial charge in [0.15, 0.2) is 21.4 Å². The number of methoxy groups -OCH3 is 1. The Bertz CT molecular complexity index is 1850. The van der Waals surface area contributed by atoms with Crippen molar-refractivity contribution in [2.24, 2.45) is 11.8 Å². The molecule has 2 fully saturated rings. The van der Waals surface area contributed by atoms with E-state index in [0.717, 1.165) is 24.3 Å². The number of alkyl halides is 3. The summed E-state index contributed by atoms with van der Waals surface area (Å²) in [5.41, 5.74) is -0.899. The zero-order valence-corrected chi connectivity index (χ0v) is 26.6. The van der Waals surface area contributed by atoms with Gasteiger partial charge in [-0.05, 0) is 85.7 Å². The van der Waals surface area contributed by atoms with Crippen LogP contribution in [0.3, 0.4) is 0 Å². The molecule has 7 nitrogen and oxygen atoms in total. The van der Waals surface area contributed by atoms with Gasteiger partial charge in [0, 0.05) is 18.5 Å². The number of halogens is 5. The average molecular weight is 686 g/mol. The lowest BCUT2D eigenvalue weighted by atomic mass is 9.64. The van der Waals surface area contributed by atoms with Crippen molar-refractivity contribution in [3.63, 3.8) is 0 Å². The molecule has 6 rings (SSSR count). The van der Waals surface area contributed by atoms with E-state index in [4.69, 9.17) is 9.47 Å². The van der Waals surface area contributed by atoms with Crippen molar-refractivity contribution in [2.75, 3.05) is 13.7 Å². The first-order chi connectivity index (χ1) is 21.7. The summed E-state index contributed by atoms with van der Waals surface area (Å²) < 4.78 is 139. The third-order valence-electron chi connectivity index (χ3n) is 9.89. The van der Waals surface area contributed by atoms with Crippen LogP contribution in [0.4, 0.5) is 22.0 Å². The van der Waals surface area contributed by atoms with Gasteiger partial charge in [-0.3, -0.25) is 0 Å². The molecule has 0 bridgehead atoms. The molecule has 248 valence electrons. The van der Waals surface area contributed by atoms with Gasteiger partial charge in [0.05, 0.1) is 35.0 Å². The molecule has 0 N–H and O–H groups in total. The minimum Gasteiger partial charge on any atom is -0.497 e. The van der Waals surface area contributed by atoms with Crippen LogP contribution in [-0.4, -0.2) is 46.1 Å². The van der Waals surface area contributed by atoms with Crippen molar-refractivity contribution >= 4 is 19.9 Å². The van der Waals surface area contributed by atoms with Gasteiger partial charge in [-0.1, -0.05) is 19.1 Å². The Kier molecular flexibility index (Phi) is 8.16. The van der Waals surface area contributed by atoms with Crippen LogP contribution >= 0.6 is 0 Å². The molecule has 14 heteroatoms. The minimum absolute atomic E-state index is 0.00416. The molecule has 2 heterocycles. The van der Waals surface area contributed by atoms with Gasteiger partial charge in [-0.15, -0.1) is 0 Å². The van der Waals surface area contributed by atoms with Gasteiger partial charge in [-0.25, -0.2) is 25.6 Å². The Balaban J connectivity index is 1.51. The highest BCUT2D eigenvalue weighted by atomic mass is 32.2. The lowest BCUT2D eigenvalue weighted by Crippen LogP contribution is -2.64. The van der Waals surface area contributed by atoms with E-state index >= 15 is 8.78 Å². The van der Waals surface area contributed by atoms with E-state index in [2.05, 4.69) is 0 Å². The van der Waals surface area contributed by atoms with Crippen molar-refractivity contribution < 1.29 is 48.3 Å². The molecular formula is C32H32F5NO6S2. The Morgan fingerprint density at radius 3 is 2.26 bits per heavy atom. The molecule has 46 heavy (non-hydrogen) atoms. The van der Waals surface area contributed by atoms with Gasteiger partial charge < -0.3 is 9.47 Å². The highest BCUT2D eigenvalue weighted by Gasteiger charge is 2.65. The molecule has 0 aromatic heterocycles. The van der Waals surface area contributed by atoms with Crippen LogP contribution in [0.5, 0.6) is 11.5 Å². The Morgan fingerprint density at radius 2 is 1.65 bits per heavy atom. The first kappa shape index (κ1) is 32.7. The molecule has 0 radical (unpaired) electrons. The predicted octanol–water partition coefficient (Wildman–Crippen LogP) is 6.46. The summed E-state index contributed by atoms with van der Waals surface area (Å²) in [6.45, 7) is 1.35. The van der Waals surface area contributed by atoms with E-state index < -0.39 is 87.3 Å². The number of nitrogens with zero attached hydrogens (tertiary/aromatic N) is 1. The first-order valence-corrected chi connectivity index (χ1v) is 17.8. The number of hydrogen-bond donors (Lipinski definition) is 0. The summed E-state index contributed by atoms with van der Waals surface area (Å²) in [5, 5.41) is -0.893. The fourth-order valence-electron chi connectivity index (χ4n) is 7.67. The van der Waals surface area contributed by atoms with Crippen molar-refractivity contribution in [1.29, 1.82) is 0 Å². The number of sulfone groups is 1. The highest BCUT2D eigenvalue weighted by molar-refractivity contribution is 7.92. The van der Waals surface area contributed by atoms with E-state index in [1.165, 1.54) is 11.4 Å². The normalized spacial score (nSPS) is 27.5. The molecule has 3 aromatic carbocycles. The number of ether oxygens (including phenoxy) is 2. The Morgan fingerprint density at radius 1 is 1.00 bits per heavy atom. The van der Waals surface area contributed by atoms with Gasteiger partial charge >= 0.3 is 6.18 Å². The largest absolute Gasteiger partial charge is 0.497 e. The molecule has 0 amide bonds. The van der Waals surface area contributed by atoms with Gasteiger partial charge in [-0.2, -0.15) is 17.5 Å². The molecule has 0 spiro atoms. The van der Waals surface area contributed by atoms with Crippen molar-refractivity contribution in [3.05, 3.63) is 89.0 Å². The Labute approximate surface area is 264 Å². The molecule has 1 saturated heterocycles. The average Bonchev–Trinajstić information content (AvgIpc) is 3.03. The van der Waals surface area contributed by atoms with E-state index in [-0.39, 0.29) is 38.8 Å². The first-order valence-electron chi connectivity index (χ1n) is 14.8. The second kappa shape index (κ2) is 11.5. The number of benzene rings is 3. The van der Waals surface area contributed by atoms with Crippen LogP contribution in [0.25, 0.3) is 0 Å². The van der Waals surface area contributed by atoms with E-state index in [0.29, 0.717) is 23.4 Å². The lowest BCUT2D eigenvalue weighted by Gasteiger charge is -2.57. The molecule has 5 atom stereocenters. The fourth-order valence-corrected chi connectivity index (χ4v) is 12.3. The van der Waals surface area contributed by atoms with E-state index in [1.54, 1.807) is 31.2 Å². The zero-order valence-electron chi connectivity index (χ0n) is 24.9. The van der Waals surface area contributed by atoms with E-state index in [9.17, 15) is 30.0 Å². The number of rotatable bonds is 6. The number of fused-ring (bicyclic) bond motifs is 5. The molecular weight excluding hydrogens is 653 g/mol. The van der Waals surface area contributed by atoms with Gasteiger partial charge in [0.2, 0.25) is 10.0 Å². The molecule has 3 aromatic rings. The van der Waals surface area contributed by atoms with Crippen molar-refractivity contribution in [2.45, 2.75) is 66.3 Å². The topological polar surface area (TPSA) is 90.0 Å². The second-order valence-corrected chi connectivity index (χ2v) is 16.4. The lowest BCUT2D eigenvalue weighted by molar-refractivity contribution is -0.137. The van der Waals surface area contributed by atoms with E-state index in [1.807, 2.05) is 0 Å². The monoisotopic (exact) mass is 685 g/mol. The fraction of sp³-hybridized carbons (Fsp3) is 0.438. The van der Waals surface area contributed by atoms with Crippen LogP contribution in [0.1, 0.15) is 49.3 Å². The van der Waals surface area contributed by atoms with Crippen molar-refractivity contribution in [1.82, 2.24) is 4.31 Å². The number of sulfonamides is 1. The molecule has 1 aliphatic carbocycles. The second-order valence-electron chi connectivity index (χ2n) is 12.0. The minimum atomic E-state index is -4.72. The van der Waals surface area contributed by atoms with Gasteiger partial charge in [0.1, 0.15) is 16.3 Å². The molecule has 1 unspecified atom stereocenters. The summed E-state index contributed by atoms with van der Waals surface area (Å²) in [6, 6.07) is 10.8. The molecule has 3 aliphatic rings. The standard InChI is InChI=1S/C32H32F5NO6S2/c1-3-22-16-24-25-18-44-30-27(34)13-12-26(33)29(30)31(25,45(39,40)23-10-6-20(7-11-23)32(35,36)37)15-14-28(24)38(46(22,41)42)17-19-4-8-21(43-2)9-5-19/h4-13,22,24-25,28H,3,14-18H2,1-2H3/t22?,24-,25-,28+,31-/m0/s1. The van der Waals surface area contributed by atoms with Crippen LogP contribution in [-0.2, 0) is 37.3 Å². The van der Waals surface area contributed by atoms with Crippen LogP contribution < -0.4 is 9.47 Å². The SMILES string of the molecule is CCC1C[C@@H]2[C@@H](CC[C@@]3(S(=O)(=O)c4ccc(C(F)(F)F)cc4)c4c(F)ccc(F)c4OC[C@@H]23)N(Cc2ccc(OC)cc2)S1(=O)=O. The number of hydrogen-bond acceptors (Lipinski definition) is 6. The zero-order chi connectivity index (χ0) is 33.2.